The van der Waals surface area contributed by atoms with Gasteiger partial charge in [0.15, 0.2) is 17.8 Å². The van der Waals surface area contributed by atoms with E-state index in [1.807, 2.05) is 39.6 Å². The zero-order valence-electron chi connectivity index (χ0n) is 25.9. The molecule has 4 heterocycles. The fraction of sp³-hybridized carbons (Fsp3) is 0.531. The molecule has 0 bridgehead atoms. The summed E-state index contributed by atoms with van der Waals surface area (Å²) in [4.78, 5) is 50.2. The zero-order chi connectivity index (χ0) is 30.9. The van der Waals surface area contributed by atoms with Crippen LogP contribution in [0.15, 0.2) is 52.6 Å². The molecule has 1 aromatic carbocycles. The maximum atomic E-state index is 13.6. The first-order valence-electron chi connectivity index (χ1n) is 15.9. The van der Waals surface area contributed by atoms with Crippen LogP contribution in [0.25, 0.3) is 11.2 Å². The lowest BCUT2D eigenvalue weighted by Gasteiger charge is -2.29. The predicted molar refractivity (Wildman–Crippen MR) is 170 cm³/mol. The summed E-state index contributed by atoms with van der Waals surface area (Å²) < 4.78 is 12.8. The number of nitrogens with zero attached hydrogens (tertiary/aromatic N) is 7. The average molecular weight is 605 g/mol. The highest BCUT2D eigenvalue weighted by atomic mass is 16.5. The number of unbranched alkanes of at least 4 members (excludes halogenated alkanes) is 2. The molecular weight excluding hydrogens is 560 g/mol. The average Bonchev–Trinajstić information content (AvgIpc) is 3.70. The Hall–Kier alpha value is -4.35. The van der Waals surface area contributed by atoms with Crippen LogP contribution in [0.2, 0.25) is 0 Å². The fourth-order valence-electron chi connectivity index (χ4n) is 5.62. The van der Waals surface area contributed by atoms with Gasteiger partial charge in [-0.3, -0.25) is 18.7 Å². The molecule has 0 fully saturated rings. The molecule has 1 aliphatic rings. The Bertz CT molecular complexity index is 1640. The van der Waals surface area contributed by atoms with Crippen LogP contribution in [-0.4, -0.2) is 60.4 Å². The molecule has 44 heavy (non-hydrogen) atoms. The lowest BCUT2D eigenvalue weighted by molar-refractivity contribution is -0.123. The maximum absolute atomic E-state index is 13.6. The number of ether oxygens (including phenoxy) is 1. The number of benzene rings is 1. The van der Waals surface area contributed by atoms with Crippen LogP contribution >= 0.6 is 0 Å². The number of fused-ring (bicyclic) bond motifs is 3. The van der Waals surface area contributed by atoms with Gasteiger partial charge in [-0.1, -0.05) is 38.8 Å². The largest absolute Gasteiger partial charge is 0.484 e. The van der Waals surface area contributed by atoms with E-state index in [9.17, 15) is 14.4 Å². The molecule has 12 heteroatoms. The molecule has 0 aliphatic carbocycles. The Morgan fingerprint density at radius 3 is 2.45 bits per heavy atom. The van der Waals surface area contributed by atoms with Crippen molar-refractivity contribution in [3.8, 4) is 5.75 Å². The summed E-state index contributed by atoms with van der Waals surface area (Å²) in [5.41, 5.74) is 1.70. The van der Waals surface area contributed by atoms with Crippen LogP contribution in [0, 0.1) is 0 Å². The minimum absolute atomic E-state index is 0.0299. The van der Waals surface area contributed by atoms with Crippen LogP contribution in [0.1, 0.15) is 57.9 Å². The number of imidazole rings is 2. The van der Waals surface area contributed by atoms with Gasteiger partial charge in [-0.05, 0) is 49.8 Å². The second kappa shape index (κ2) is 14.9. The first-order valence-corrected chi connectivity index (χ1v) is 15.9. The molecule has 3 aromatic heterocycles. The van der Waals surface area contributed by atoms with Gasteiger partial charge < -0.3 is 24.1 Å². The van der Waals surface area contributed by atoms with Crippen molar-refractivity contribution in [2.24, 2.45) is 0 Å². The van der Waals surface area contributed by atoms with Crippen molar-refractivity contribution >= 4 is 23.0 Å². The van der Waals surface area contributed by atoms with Crippen LogP contribution in [-0.2, 0) is 37.4 Å². The fourth-order valence-corrected chi connectivity index (χ4v) is 5.62. The first-order chi connectivity index (χ1) is 21.5. The molecule has 1 amide bonds. The molecule has 12 nitrogen and oxygen atoms in total. The minimum Gasteiger partial charge on any atom is -0.484 e. The summed E-state index contributed by atoms with van der Waals surface area (Å²) >= 11 is 0. The Morgan fingerprint density at radius 2 is 1.73 bits per heavy atom. The van der Waals surface area contributed by atoms with Gasteiger partial charge in [0.2, 0.25) is 5.95 Å². The smallest absolute Gasteiger partial charge is 0.332 e. The SMILES string of the molecule is CCCCn1c(=O)c2c(nc3n2CCCN3CCc2ccc(OCC(=O)NCCCn3ccnc3)cc2)n(CCCC)c1=O. The third-order valence-electron chi connectivity index (χ3n) is 8.10. The second-order valence-corrected chi connectivity index (χ2v) is 11.4. The quantitative estimate of drug-likeness (QED) is 0.195. The van der Waals surface area contributed by atoms with E-state index in [4.69, 9.17) is 9.72 Å². The van der Waals surface area contributed by atoms with E-state index in [0.717, 1.165) is 76.1 Å². The number of anilines is 1. The Morgan fingerprint density at radius 1 is 0.955 bits per heavy atom. The third kappa shape index (κ3) is 7.23. The summed E-state index contributed by atoms with van der Waals surface area (Å²) in [6.45, 7) is 8.77. The predicted octanol–water partition coefficient (Wildman–Crippen LogP) is 3.19. The Labute approximate surface area is 257 Å². The monoisotopic (exact) mass is 604 g/mol. The molecular formula is C32H44N8O4. The van der Waals surface area contributed by atoms with Crippen molar-refractivity contribution < 1.29 is 9.53 Å². The number of hydrogen-bond donors (Lipinski definition) is 1. The van der Waals surface area contributed by atoms with Gasteiger partial charge in [0.1, 0.15) is 5.75 Å². The van der Waals surface area contributed by atoms with Gasteiger partial charge >= 0.3 is 5.69 Å². The van der Waals surface area contributed by atoms with Gasteiger partial charge in [-0.15, -0.1) is 0 Å². The maximum Gasteiger partial charge on any atom is 0.332 e. The van der Waals surface area contributed by atoms with Crippen molar-refractivity contribution in [3.05, 3.63) is 69.4 Å². The molecule has 0 radical (unpaired) electrons. The van der Waals surface area contributed by atoms with Gasteiger partial charge in [0, 0.05) is 58.2 Å². The molecule has 5 rings (SSSR count). The van der Waals surface area contributed by atoms with Gasteiger partial charge in [0.25, 0.3) is 11.5 Å². The molecule has 0 saturated carbocycles. The van der Waals surface area contributed by atoms with E-state index < -0.39 is 0 Å². The van der Waals surface area contributed by atoms with Gasteiger partial charge in [-0.2, -0.15) is 4.98 Å². The Balaban J connectivity index is 1.20. The molecule has 4 aromatic rings. The van der Waals surface area contributed by atoms with E-state index in [0.29, 0.717) is 43.1 Å². The molecule has 236 valence electrons. The van der Waals surface area contributed by atoms with Crippen LogP contribution in [0.4, 0.5) is 5.95 Å². The Kier molecular flexibility index (Phi) is 10.5. The van der Waals surface area contributed by atoms with Crippen LogP contribution in [0.3, 0.4) is 0 Å². The van der Waals surface area contributed by atoms with Gasteiger partial charge in [0.05, 0.1) is 6.33 Å². The van der Waals surface area contributed by atoms with Crippen LogP contribution < -0.4 is 26.2 Å². The lowest BCUT2D eigenvalue weighted by atomic mass is 10.1. The number of hydrogen-bond acceptors (Lipinski definition) is 7. The second-order valence-electron chi connectivity index (χ2n) is 11.4. The molecule has 0 unspecified atom stereocenters. The number of amides is 1. The van der Waals surface area contributed by atoms with E-state index in [1.54, 1.807) is 17.1 Å². The lowest BCUT2D eigenvalue weighted by Crippen LogP contribution is -2.41. The normalized spacial score (nSPS) is 12.9. The summed E-state index contributed by atoms with van der Waals surface area (Å²) in [7, 11) is 0. The zero-order valence-corrected chi connectivity index (χ0v) is 25.9. The van der Waals surface area contributed by atoms with Crippen LogP contribution in [0.5, 0.6) is 5.75 Å². The van der Waals surface area contributed by atoms with E-state index in [2.05, 4.69) is 29.0 Å². The number of rotatable bonds is 16. The highest BCUT2D eigenvalue weighted by Gasteiger charge is 2.26. The summed E-state index contributed by atoms with van der Waals surface area (Å²) in [5, 5.41) is 2.88. The van der Waals surface area contributed by atoms with Crippen molar-refractivity contribution in [2.45, 2.75) is 85.0 Å². The number of aryl methyl sites for hydroxylation is 3. The summed E-state index contributed by atoms with van der Waals surface area (Å²) in [5.74, 6) is 1.26. The van der Waals surface area contributed by atoms with E-state index >= 15 is 0 Å². The van der Waals surface area contributed by atoms with Crippen molar-refractivity contribution in [3.63, 3.8) is 0 Å². The van der Waals surface area contributed by atoms with Crippen molar-refractivity contribution in [1.82, 2.24) is 33.6 Å². The first kappa shape index (κ1) is 31.1. The number of carbonyl (C=O) groups excluding carboxylic acids is 1. The molecule has 0 saturated heterocycles. The van der Waals surface area contributed by atoms with Crippen molar-refractivity contribution in [2.75, 3.05) is 31.1 Å². The standard InChI is InChI=1S/C32H44N8O4/c1-3-5-18-39-29-28(30(42)40(32(39)43)19-6-4-2)38-20-8-17-37(31(38)35-29)21-13-25-9-11-26(12-10-25)44-23-27(41)34-14-7-16-36-22-15-33-24-36/h9-12,15,22,24H,3-8,13-14,16-21,23H2,1-2H3,(H,34,41). The van der Waals surface area contributed by atoms with Gasteiger partial charge in [-0.25, -0.2) is 9.78 Å². The number of aromatic nitrogens is 6. The molecule has 1 N–H and O–H groups in total. The minimum atomic E-state index is -0.253. The highest BCUT2D eigenvalue weighted by molar-refractivity contribution is 5.77. The third-order valence-corrected chi connectivity index (χ3v) is 8.10. The summed E-state index contributed by atoms with van der Waals surface area (Å²) in [6.07, 6.45) is 11.4. The van der Waals surface area contributed by atoms with E-state index in [-0.39, 0.29) is 23.8 Å². The number of carbonyl (C=O) groups is 1. The highest BCUT2D eigenvalue weighted by Crippen LogP contribution is 2.25. The topological polar surface area (TPSA) is 121 Å². The molecule has 0 atom stereocenters. The summed E-state index contributed by atoms with van der Waals surface area (Å²) in [6, 6.07) is 7.80. The van der Waals surface area contributed by atoms with E-state index in [1.165, 1.54) is 4.57 Å². The van der Waals surface area contributed by atoms with Crippen molar-refractivity contribution in [1.29, 1.82) is 0 Å². The number of nitrogens with one attached hydrogen (secondary N) is 1. The molecule has 0 spiro atoms. The molecule has 1 aliphatic heterocycles.